The van der Waals surface area contributed by atoms with E-state index >= 15 is 0 Å². The van der Waals surface area contributed by atoms with Gasteiger partial charge in [0.2, 0.25) is 0 Å². The molecule has 3 aromatic carbocycles. The van der Waals surface area contributed by atoms with E-state index in [-0.39, 0.29) is 24.1 Å². The lowest BCUT2D eigenvalue weighted by Gasteiger charge is -2.32. The molecule has 4 rings (SSSR count). The van der Waals surface area contributed by atoms with E-state index in [1.54, 1.807) is 17.0 Å². The van der Waals surface area contributed by atoms with Crippen molar-refractivity contribution in [1.82, 2.24) is 4.90 Å². The van der Waals surface area contributed by atoms with Crippen molar-refractivity contribution in [2.24, 2.45) is 5.41 Å². The zero-order chi connectivity index (χ0) is 26.6. The maximum atomic E-state index is 13.2. The van der Waals surface area contributed by atoms with Gasteiger partial charge >= 0.3 is 12.0 Å². The second kappa shape index (κ2) is 10.9. The molecule has 6 nitrogen and oxygen atoms in total. The van der Waals surface area contributed by atoms with Gasteiger partial charge in [-0.2, -0.15) is 0 Å². The van der Waals surface area contributed by atoms with Gasteiger partial charge in [0, 0.05) is 30.8 Å². The number of nitrogens with zero attached hydrogens (tertiary/aromatic N) is 1. The van der Waals surface area contributed by atoms with Gasteiger partial charge in [0.15, 0.2) is 5.78 Å². The molecule has 1 aliphatic rings. The number of carboxylic acids is 1. The fraction of sp³-hybridized carbons (Fsp3) is 0.300. The highest BCUT2D eigenvalue weighted by atomic mass is 19.1. The highest BCUT2D eigenvalue weighted by Gasteiger charge is 2.30. The summed E-state index contributed by atoms with van der Waals surface area (Å²) in [5.41, 5.74) is 3.01. The molecule has 1 aliphatic heterocycles. The van der Waals surface area contributed by atoms with Gasteiger partial charge in [-0.25, -0.2) is 9.18 Å². The van der Waals surface area contributed by atoms with Crippen LogP contribution in [0.5, 0.6) is 0 Å². The Balaban J connectivity index is 1.31. The summed E-state index contributed by atoms with van der Waals surface area (Å²) in [6.07, 6.45) is 1.61. The summed E-state index contributed by atoms with van der Waals surface area (Å²) in [6.45, 7) is 4.36. The molecule has 0 radical (unpaired) electrons. The van der Waals surface area contributed by atoms with Gasteiger partial charge in [0.25, 0.3) is 0 Å². The minimum absolute atomic E-state index is 0.0695. The van der Waals surface area contributed by atoms with Crippen molar-refractivity contribution in [3.8, 4) is 11.1 Å². The average molecular weight is 503 g/mol. The molecule has 0 aliphatic carbocycles. The molecule has 192 valence electrons. The van der Waals surface area contributed by atoms with Crippen LogP contribution in [0.4, 0.5) is 14.9 Å². The van der Waals surface area contributed by atoms with E-state index < -0.39 is 11.4 Å². The van der Waals surface area contributed by atoms with Crippen molar-refractivity contribution in [2.75, 3.05) is 18.4 Å². The summed E-state index contributed by atoms with van der Waals surface area (Å²) in [5, 5.41) is 12.2. The third kappa shape index (κ3) is 6.42. The van der Waals surface area contributed by atoms with Crippen LogP contribution in [0.1, 0.15) is 54.9 Å². The predicted molar refractivity (Wildman–Crippen MR) is 141 cm³/mol. The molecular weight excluding hydrogens is 471 g/mol. The van der Waals surface area contributed by atoms with Gasteiger partial charge in [-0.05, 0) is 73.6 Å². The summed E-state index contributed by atoms with van der Waals surface area (Å²) >= 11 is 0. The van der Waals surface area contributed by atoms with Crippen LogP contribution in [-0.4, -0.2) is 40.9 Å². The molecule has 37 heavy (non-hydrogen) atoms. The number of rotatable bonds is 7. The Morgan fingerprint density at radius 3 is 1.97 bits per heavy atom. The van der Waals surface area contributed by atoms with E-state index in [1.807, 2.05) is 48.5 Å². The number of anilines is 1. The fourth-order valence-electron chi connectivity index (χ4n) is 4.53. The third-order valence-electron chi connectivity index (χ3n) is 6.98. The standard InChI is InChI=1S/C30H31FN2O4/c1-30(2,28(35)36)19-27(34)24-5-3-20(4-6-24)22-9-13-26(14-10-22)32-29(37)33-17-15-23(16-18-33)21-7-11-25(31)12-8-21/h3-14,23H,15-19H2,1-2H3,(H,32,37)(H,35,36). The number of Topliss-reactive ketones (excluding diaryl/α,β-unsaturated/α-hetero) is 1. The van der Waals surface area contributed by atoms with Crippen LogP contribution in [0.3, 0.4) is 0 Å². The first-order chi connectivity index (χ1) is 17.6. The molecule has 0 unspecified atom stereocenters. The lowest BCUT2D eigenvalue weighted by molar-refractivity contribution is -0.146. The molecule has 3 aromatic rings. The summed E-state index contributed by atoms with van der Waals surface area (Å²) in [6, 6.07) is 21.0. The van der Waals surface area contributed by atoms with Crippen LogP contribution < -0.4 is 5.32 Å². The number of amides is 2. The number of aliphatic carboxylic acids is 1. The Bertz CT molecular complexity index is 1260. The predicted octanol–water partition coefficient (Wildman–Crippen LogP) is 6.59. The van der Waals surface area contributed by atoms with Crippen molar-refractivity contribution in [3.05, 3.63) is 89.7 Å². The van der Waals surface area contributed by atoms with E-state index in [0.717, 1.165) is 29.5 Å². The number of likely N-dealkylation sites (tertiary alicyclic amines) is 1. The number of nitrogens with one attached hydrogen (secondary N) is 1. The van der Waals surface area contributed by atoms with Gasteiger partial charge in [-0.3, -0.25) is 9.59 Å². The average Bonchev–Trinajstić information content (AvgIpc) is 2.89. The maximum Gasteiger partial charge on any atom is 0.321 e. The monoisotopic (exact) mass is 502 g/mol. The van der Waals surface area contributed by atoms with Gasteiger partial charge in [-0.1, -0.05) is 48.5 Å². The molecule has 1 heterocycles. The van der Waals surface area contributed by atoms with E-state index in [4.69, 9.17) is 0 Å². The van der Waals surface area contributed by atoms with Crippen molar-refractivity contribution in [1.29, 1.82) is 0 Å². The number of benzene rings is 3. The first kappa shape index (κ1) is 26.1. The first-order valence-corrected chi connectivity index (χ1v) is 12.4. The number of carbonyl (C=O) groups is 3. The summed E-state index contributed by atoms with van der Waals surface area (Å²) < 4.78 is 13.2. The maximum absolute atomic E-state index is 13.2. The van der Waals surface area contributed by atoms with Crippen molar-refractivity contribution in [3.63, 3.8) is 0 Å². The van der Waals surface area contributed by atoms with Crippen LogP contribution in [0.25, 0.3) is 11.1 Å². The molecule has 2 N–H and O–H groups in total. The second-order valence-electron chi connectivity index (χ2n) is 10.2. The largest absolute Gasteiger partial charge is 0.481 e. The van der Waals surface area contributed by atoms with Gasteiger partial charge < -0.3 is 15.3 Å². The van der Waals surface area contributed by atoms with Crippen LogP contribution in [0, 0.1) is 11.2 Å². The SMILES string of the molecule is CC(C)(CC(=O)c1ccc(-c2ccc(NC(=O)N3CCC(c4ccc(F)cc4)CC3)cc2)cc1)C(=O)O. The summed E-state index contributed by atoms with van der Waals surface area (Å²) in [4.78, 5) is 38.3. The highest BCUT2D eigenvalue weighted by Crippen LogP contribution is 2.29. The van der Waals surface area contributed by atoms with Gasteiger partial charge in [0.1, 0.15) is 5.82 Å². The minimum atomic E-state index is -1.12. The van der Waals surface area contributed by atoms with E-state index in [1.165, 1.54) is 26.0 Å². The Labute approximate surface area is 216 Å². The van der Waals surface area contributed by atoms with E-state index in [9.17, 15) is 23.9 Å². The quantitative estimate of drug-likeness (QED) is 0.357. The molecular formula is C30H31FN2O4. The van der Waals surface area contributed by atoms with Gasteiger partial charge in [0.05, 0.1) is 5.41 Å². The Morgan fingerprint density at radius 1 is 0.892 bits per heavy atom. The lowest BCUT2D eigenvalue weighted by atomic mass is 9.85. The van der Waals surface area contributed by atoms with Crippen molar-refractivity contribution < 1.29 is 23.9 Å². The number of ketones is 1. The second-order valence-corrected chi connectivity index (χ2v) is 10.2. The number of halogens is 1. The smallest absolute Gasteiger partial charge is 0.321 e. The molecule has 7 heteroatoms. The Kier molecular flexibility index (Phi) is 7.71. The molecule has 0 atom stereocenters. The zero-order valence-corrected chi connectivity index (χ0v) is 21.0. The third-order valence-corrected chi connectivity index (χ3v) is 6.98. The molecule has 0 saturated carbocycles. The van der Waals surface area contributed by atoms with Gasteiger partial charge in [-0.15, -0.1) is 0 Å². The topological polar surface area (TPSA) is 86.7 Å². The molecule has 0 bridgehead atoms. The van der Waals surface area contributed by atoms with Crippen LogP contribution in [0.15, 0.2) is 72.8 Å². The molecule has 1 saturated heterocycles. The summed E-state index contributed by atoms with van der Waals surface area (Å²) in [5.74, 6) is -1.12. The molecule has 0 spiro atoms. The van der Waals surface area contributed by atoms with Crippen molar-refractivity contribution in [2.45, 2.75) is 39.0 Å². The fourth-order valence-corrected chi connectivity index (χ4v) is 4.53. The Morgan fingerprint density at radius 2 is 1.43 bits per heavy atom. The summed E-state index contributed by atoms with van der Waals surface area (Å²) in [7, 11) is 0. The first-order valence-electron chi connectivity index (χ1n) is 12.4. The number of urea groups is 1. The number of carbonyl (C=O) groups excluding carboxylic acids is 2. The van der Waals surface area contributed by atoms with Crippen LogP contribution >= 0.6 is 0 Å². The molecule has 0 aromatic heterocycles. The van der Waals surface area contributed by atoms with Crippen LogP contribution in [-0.2, 0) is 4.79 Å². The lowest BCUT2D eigenvalue weighted by Crippen LogP contribution is -2.40. The number of hydrogen-bond acceptors (Lipinski definition) is 3. The number of piperidine rings is 1. The highest BCUT2D eigenvalue weighted by molar-refractivity contribution is 5.99. The molecule has 2 amide bonds. The van der Waals surface area contributed by atoms with E-state index in [0.29, 0.717) is 30.3 Å². The minimum Gasteiger partial charge on any atom is -0.481 e. The Hall–Kier alpha value is -4.00. The molecule has 1 fully saturated rings. The normalized spacial score (nSPS) is 14.3. The van der Waals surface area contributed by atoms with Crippen molar-refractivity contribution >= 4 is 23.5 Å². The zero-order valence-electron chi connectivity index (χ0n) is 21.0. The number of hydrogen-bond donors (Lipinski definition) is 2. The van der Waals surface area contributed by atoms with E-state index in [2.05, 4.69) is 5.32 Å². The van der Waals surface area contributed by atoms with Crippen LogP contribution in [0.2, 0.25) is 0 Å². The number of carboxylic acid groups (broad SMARTS) is 1.